The lowest BCUT2D eigenvalue weighted by atomic mass is 9.82. The first-order chi connectivity index (χ1) is 8.15. The highest BCUT2D eigenvalue weighted by Gasteiger charge is 2.48. The van der Waals surface area contributed by atoms with Crippen molar-refractivity contribution in [2.24, 2.45) is 11.7 Å². The van der Waals surface area contributed by atoms with Crippen LogP contribution in [-0.2, 0) is 0 Å². The SMILES string of the molecule is CCC1CCCC1(CN)N1CCSC(C)C1C. The average Bonchev–Trinajstić information content (AvgIpc) is 2.76. The minimum absolute atomic E-state index is 0.323. The number of nitrogens with two attached hydrogens (primary N) is 1. The van der Waals surface area contributed by atoms with E-state index in [1.165, 1.54) is 38.0 Å². The van der Waals surface area contributed by atoms with Crippen LogP contribution < -0.4 is 5.73 Å². The Morgan fingerprint density at radius 2 is 2.18 bits per heavy atom. The predicted octanol–water partition coefficient (Wildman–Crippen LogP) is 2.72. The van der Waals surface area contributed by atoms with Gasteiger partial charge in [-0.2, -0.15) is 11.8 Å². The van der Waals surface area contributed by atoms with Gasteiger partial charge in [0.1, 0.15) is 0 Å². The van der Waals surface area contributed by atoms with Gasteiger partial charge in [-0.1, -0.05) is 26.7 Å². The quantitative estimate of drug-likeness (QED) is 0.842. The van der Waals surface area contributed by atoms with Gasteiger partial charge in [-0.25, -0.2) is 0 Å². The molecule has 0 bridgehead atoms. The van der Waals surface area contributed by atoms with Crippen molar-refractivity contribution >= 4 is 11.8 Å². The first-order valence-corrected chi connectivity index (χ1v) is 8.29. The van der Waals surface area contributed by atoms with Crippen LogP contribution in [0.4, 0.5) is 0 Å². The Bertz CT molecular complexity index is 259. The molecule has 0 spiro atoms. The van der Waals surface area contributed by atoms with Gasteiger partial charge in [-0.05, 0) is 25.7 Å². The zero-order valence-electron chi connectivity index (χ0n) is 11.6. The molecule has 0 radical (unpaired) electrons. The third-order valence-corrected chi connectivity index (χ3v) is 6.56. The molecule has 0 aromatic carbocycles. The largest absolute Gasteiger partial charge is 0.329 e. The maximum absolute atomic E-state index is 6.22. The van der Waals surface area contributed by atoms with Gasteiger partial charge in [0.25, 0.3) is 0 Å². The van der Waals surface area contributed by atoms with Gasteiger partial charge in [0, 0.05) is 35.7 Å². The molecule has 2 fully saturated rings. The Kier molecular flexibility index (Phi) is 4.43. The smallest absolute Gasteiger partial charge is 0.0363 e. The van der Waals surface area contributed by atoms with E-state index in [-0.39, 0.29) is 0 Å². The van der Waals surface area contributed by atoms with E-state index in [0.717, 1.165) is 17.7 Å². The summed E-state index contributed by atoms with van der Waals surface area (Å²) in [6.07, 6.45) is 5.38. The average molecular weight is 256 g/mol. The zero-order valence-corrected chi connectivity index (χ0v) is 12.4. The molecule has 100 valence electrons. The third kappa shape index (κ3) is 2.26. The second-order valence-corrected chi connectivity index (χ2v) is 7.30. The molecule has 0 amide bonds. The van der Waals surface area contributed by atoms with E-state index < -0.39 is 0 Å². The van der Waals surface area contributed by atoms with Crippen molar-refractivity contribution in [2.45, 2.75) is 63.3 Å². The van der Waals surface area contributed by atoms with Crippen LogP contribution in [0.15, 0.2) is 0 Å². The lowest BCUT2D eigenvalue weighted by molar-refractivity contribution is 0.0250. The van der Waals surface area contributed by atoms with E-state index in [9.17, 15) is 0 Å². The lowest BCUT2D eigenvalue weighted by Crippen LogP contribution is -2.62. The molecular weight excluding hydrogens is 228 g/mol. The van der Waals surface area contributed by atoms with Crippen LogP contribution in [0.25, 0.3) is 0 Å². The van der Waals surface area contributed by atoms with Gasteiger partial charge in [0.05, 0.1) is 0 Å². The highest BCUT2D eigenvalue weighted by Crippen LogP contribution is 2.44. The minimum Gasteiger partial charge on any atom is -0.329 e. The molecule has 1 saturated heterocycles. The Morgan fingerprint density at radius 3 is 2.82 bits per heavy atom. The summed E-state index contributed by atoms with van der Waals surface area (Å²) in [5.41, 5.74) is 6.55. The Hall–Kier alpha value is 0.270. The fraction of sp³-hybridized carbons (Fsp3) is 1.00. The molecule has 1 heterocycles. The Morgan fingerprint density at radius 1 is 1.41 bits per heavy atom. The van der Waals surface area contributed by atoms with Crippen molar-refractivity contribution in [2.75, 3.05) is 18.8 Å². The molecule has 0 aromatic heterocycles. The van der Waals surface area contributed by atoms with E-state index in [2.05, 4.69) is 37.4 Å². The molecule has 1 aliphatic carbocycles. The van der Waals surface area contributed by atoms with E-state index >= 15 is 0 Å². The number of hydrogen-bond acceptors (Lipinski definition) is 3. The Balaban J connectivity index is 2.21. The predicted molar refractivity (Wildman–Crippen MR) is 77.5 cm³/mol. The van der Waals surface area contributed by atoms with E-state index in [4.69, 9.17) is 5.73 Å². The van der Waals surface area contributed by atoms with Crippen LogP contribution in [0.1, 0.15) is 46.5 Å². The molecule has 4 unspecified atom stereocenters. The van der Waals surface area contributed by atoms with Crippen molar-refractivity contribution in [3.05, 3.63) is 0 Å². The monoisotopic (exact) mass is 256 g/mol. The number of hydrogen-bond donors (Lipinski definition) is 1. The second kappa shape index (κ2) is 5.50. The first kappa shape index (κ1) is 13.7. The van der Waals surface area contributed by atoms with Crippen LogP contribution in [0.2, 0.25) is 0 Å². The zero-order chi connectivity index (χ0) is 12.5. The maximum Gasteiger partial charge on any atom is 0.0363 e. The van der Waals surface area contributed by atoms with E-state index in [1.807, 2.05) is 0 Å². The highest BCUT2D eigenvalue weighted by atomic mass is 32.2. The molecule has 1 aliphatic heterocycles. The van der Waals surface area contributed by atoms with Crippen LogP contribution >= 0.6 is 11.8 Å². The molecule has 1 saturated carbocycles. The van der Waals surface area contributed by atoms with Crippen molar-refractivity contribution in [1.82, 2.24) is 4.90 Å². The summed E-state index contributed by atoms with van der Waals surface area (Å²) >= 11 is 2.12. The molecule has 2 nitrogen and oxygen atoms in total. The maximum atomic E-state index is 6.22. The summed E-state index contributed by atoms with van der Waals surface area (Å²) in [7, 11) is 0. The van der Waals surface area contributed by atoms with Gasteiger partial charge >= 0.3 is 0 Å². The van der Waals surface area contributed by atoms with E-state index in [1.54, 1.807) is 0 Å². The van der Waals surface area contributed by atoms with Crippen LogP contribution in [0.5, 0.6) is 0 Å². The summed E-state index contributed by atoms with van der Waals surface area (Å²) < 4.78 is 0. The van der Waals surface area contributed by atoms with E-state index in [0.29, 0.717) is 11.6 Å². The lowest BCUT2D eigenvalue weighted by Gasteiger charge is -2.51. The van der Waals surface area contributed by atoms with Crippen molar-refractivity contribution in [3.63, 3.8) is 0 Å². The number of thioether (sulfide) groups is 1. The van der Waals surface area contributed by atoms with Gasteiger partial charge in [-0.15, -0.1) is 0 Å². The normalized spacial score (nSPS) is 44.1. The Labute approximate surface area is 111 Å². The van der Waals surface area contributed by atoms with Crippen LogP contribution in [-0.4, -0.2) is 40.6 Å². The fourth-order valence-corrected chi connectivity index (χ4v) is 5.14. The fourth-order valence-electron chi connectivity index (χ4n) is 4.04. The van der Waals surface area contributed by atoms with Gasteiger partial charge in [0.2, 0.25) is 0 Å². The second-order valence-electron chi connectivity index (χ2n) is 5.82. The van der Waals surface area contributed by atoms with Crippen LogP contribution in [0, 0.1) is 5.92 Å². The molecule has 4 atom stereocenters. The number of rotatable bonds is 3. The molecule has 0 aromatic rings. The molecule has 3 heteroatoms. The van der Waals surface area contributed by atoms with Crippen LogP contribution in [0.3, 0.4) is 0 Å². The topological polar surface area (TPSA) is 29.3 Å². The molecule has 2 rings (SSSR count). The standard InChI is InChI=1S/C14H28N2S/c1-4-13-6-5-7-14(13,10-15)16-8-9-17-12(3)11(16)2/h11-13H,4-10,15H2,1-3H3. The summed E-state index contributed by atoms with van der Waals surface area (Å²) in [5, 5.41) is 0.755. The molecule has 2 aliphatic rings. The third-order valence-electron chi connectivity index (χ3n) is 5.22. The summed E-state index contributed by atoms with van der Waals surface area (Å²) in [4.78, 5) is 2.77. The minimum atomic E-state index is 0.323. The van der Waals surface area contributed by atoms with Gasteiger partial charge in [-0.3, -0.25) is 4.90 Å². The molecule has 2 N–H and O–H groups in total. The summed E-state index contributed by atoms with van der Waals surface area (Å²) in [6, 6.07) is 0.685. The van der Waals surface area contributed by atoms with Gasteiger partial charge < -0.3 is 5.73 Å². The molecular formula is C14H28N2S. The van der Waals surface area contributed by atoms with Crippen molar-refractivity contribution < 1.29 is 0 Å². The van der Waals surface area contributed by atoms with Crippen molar-refractivity contribution in [1.29, 1.82) is 0 Å². The van der Waals surface area contributed by atoms with Gasteiger partial charge in [0.15, 0.2) is 0 Å². The first-order valence-electron chi connectivity index (χ1n) is 7.24. The highest BCUT2D eigenvalue weighted by molar-refractivity contribution is 8.00. The molecule has 17 heavy (non-hydrogen) atoms. The number of nitrogens with zero attached hydrogens (tertiary/aromatic N) is 1. The summed E-state index contributed by atoms with van der Waals surface area (Å²) in [6.45, 7) is 9.21. The van der Waals surface area contributed by atoms with Crippen molar-refractivity contribution in [3.8, 4) is 0 Å². The summed E-state index contributed by atoms with van der Waals surface area (Å²) in [5.74, 6) is 2.11.